The fraction of sp³-hybridized carbons (Fsp3) is 0.762. The van der Waals surface area contributed by atoms with Gasteiger partial charge in [0.1, 0.15) is 17.2 Å². The SMILES string of the molecule is CCCN(C(=O)[C@@H](N=[N+]=[N-])C(C)CC)[C@H](C[C@@H](O)c1nc(C(=O)OCC)cs1)C(C)C. The average Bonchev–Trinajstić information content (AvgIpc) is 3.24. The number of carbonyl (C=O) groups excluding carboxylic acids is 2. The van der Waals surface area contributed by atoms with Crippen molar-refractivity contribution in [3.05, 3.63) is 26.5 Å². The Morgan fingerprint density at radius 2 is 2.00 bits per heavy atom. The molecular formula is C21H35N5O4S. The molecule has 1 amide bonds. The molecule has 0 aliphatic rings. The second-order valence-corrected chi connectivity index (χ2v) is 8.81. The third kappa shape index (κ3) is 7.48. The maximum Gasteiger partial charge on any atom is 0.357 e. The molecule has 1 aromatic heterocycles. The van der Waals surface area contributed by atoms with Gasteiger partial charge in [0, 0.05) is 29.3 Å². The Labute approximate surface area is 188 Å². The van der Waals surface area contributed by atoms with E-state index < -0.39 is 18.1 Å². The van der Waals surface area contributed by atoms with Gasteiger partial charge in [-0.15, -0.1) is 11.3 Å². The average molecular weight is 454 g/mol. The first-order valence-corrected chi connectivity index (χ1v) is 11.7. The van der Waals surface area contributed by atoms with Crippen LogP contribution in [0.25, 0.3) is 10.4 Å². The number of azide groups is 1. The third-order valence-corrected chi connectivity index (χ3v) is 6.23. The number of thiazole rings is 1. The fourth-order valence-corrected chi connectivity index (χ4v) is 4.15. The summed E-state index contributed by atoms with van der Waals surface area (Å²) in [4.78, 5) is 34.1. The Kier molecular flexibility index (Phi) is 11.5. The summed E-state index contributed by atoms with van der Waals surface area (Å²) < 4.78 is 4.96. The maximum absolute atomic E-state index is 13.4. The maximum atomic E-state index is 13.4. The predicted octanol–water partition coefficient (Wildman–Crippen LogP) is 4.73. The predicted molar refractivity (Wildman–Crippen MR) is 121 cm³/mol. The fourth-order valence-electron chi connectivity index (χ4n) is 3.36. The molecule has 4 atom stereocenters. The van der Waals surface area contributed by atoms with Gasteiger partial charge in [-0.25, -0.2) is 9.78 Å². The van der Waals surface area contributed by atoms with Gasteiger partial charge in [0.25, 0.3) is 0 Å². The summed E-state index contributed by atoms with van der Waals surface area (Å²) in [6, 6.07) is -1.06. The molecule has 0 aromatic carbocycles. The van der Waals surface area contributed by atoms with Gasteiger partial charge < -0.3 is 14.7 Å². The molecule has 10 heteroatoms. The van der Waals surface area contributed by atoms with Crippen molar-refractivity contribution < 1.29 is 19.4 Å². The summed E-state index contributed by atoms with van der Waals surface area (Å²) in [6.07, 6.45) is 0.774. The summed E-state index contributed by atoms with van der Waals surface area (Å²) in [5.74, 6) is -0.776. The van der Waals surface area contributed by atoms with Crippen molar-refractivity contribution in [2.24, 2.45) is 17.0 Å². The van der Waals surface area contributed by atoms with Crippen LogP contribution in [0, 0.1) is 11.8 Å². The number of esters is 1. The zero-order chi connectivity index (χ0) is 23.6. The number of carbonyl (C=O) groups is 2. The largest absolute Gasteiger partial charge is 0.461 e. The highest BCUT2D eigenvalue weighted by atomic mass is 32.1. The number of ether oxygens (including phenoxy) is 1. The Bertz CT molecular complexity index is 763. The number of hydrogen-bond donors (Lipinski definition) is 1. The molecule has 0 aliphatic carbocycles. The summed E-state index contributed by atoms with van der Waals surface area (Å²) in [5.41, 5.74) is 9.14. The molecule has 1 aromatic rings. The molecule has 1 rings (SSSR count). The van der Waals surface area contributed by atoms with Crippen LogP contribution >= 0.6 is 11.3 Å². The molecule has 0 radical (unpaired) electrons. The van der Waals surface area contributed by atoms with Gasteiger partial charge in [0.05, 0.1) is 6.61 Å². The van der Waals surface area contributed by atoms with E-state index in [-0.39, 0.29) is 42.5 Å². The van der Waals surface area contributed by atoms with Gasteiger partial charge in [-0.3, -0.25) is 4.79 Å². The van der Waals surface area contributed by atoms with Crippen molar-refractivity contribution in [2.75, 3.05) is 13.2 Å². The van der Waals surface area contributed by atoms with Crippen LogP contribution in [0.5, 0.6) is 0 Å². The van der Waals surface area contributed by atoms with E-state index in [1.807, 2.05) is 34.6 Å². The van der Waals surface area contributed by atoms with Crippen LogP contribution < -0.4 is 0 Å². The third-order valence-electron chi connectivity index (χ3n) is 5.29. The quantitative estimate of drug-likeness (QED) is 0.200. The second-order valence-electron chi connectivity index (χ2n) is 7.92. The lowest BCUT2D eigenvalue weighted by atomic mass is 9.93. The smallest absolute Gasteiger partial charge is 0.357 e. The minimum Gasteiger partial charge on any atom is -0.461 e. The molecular weight excluding hydrogens is 418 g/mol. The van der Waals surface area contributed by atoms with Crippen molar-refractivity contribution in [1.82, 2.24) is 9.88 Å². The van der Waals surface area contributed by atoms with E-state index >= 15 is 0 Å². The standard InChI is InChI=1S/C21H35N5O4S/c1-7-10-26(20(28)18(24-25-22)14(6)8-2)16(13(4)5)11-17(27)19-23-15(12-31-19)21(29)30-9-3/h12-14,16-18,27H,7-11H2,1-6H3/t14?,16-,17-,18+/m1/s1. The lowest BCUT2D eigenvalue weighted by molar-refractivity contribution is -0.138. The van der Waals surface area contributed by atoms with Gasteiger partial charge in [-0.05, 0) is 30.7 Å². The number of aliphatic hydroxyl groups excluding tert-OH is 1. The first-order valence-electron chi connectivity index (χ1n) is 10.9. The molecule has 174 valence electrons. The summed E-state index contributed by atoms with van der Waals surface area (Å²) in [7, 11) is 0. The summed E-state index contributed by atoms with van der Waals surface area (Å²) >= 11 is 1.19. The van der Waals surface area contributed by atoms with E-state index in [4.69, 9.17) is 10.3 Å². The zero-order valence-corrected chi connectivity index (χ0v) is 20.1. The lowest BCUT2D eigenvalue weighted by Gasteiger charge is -2.37. The van der Waals surface area contributed by atoms with Crippen LogP contribution in [-0.2, 0) is 9.53 Å². The molecule has 1 heterocycles. The van der Waals surface area contributed by atoms with Gasteiger partial charge in [0.15, 0.2) is 5.69 Å². The Balaban J connectivity index is 3.13. The first kappa shape index (κ1) is 26.9. The van der Waals surface area contributed by atoms with Crippen LogP contribution in [0.2, 0.25) is 0 Å². The number of aromatic nitrogens is 1. The van der Waals surface area contributed by atoms with E-state index in [0.717, 1.165) is 6.42 Å². The minimum atomic E-state index is -0.936. The van der Waals surface area contributed by atoms with Crippen LogP contribution in [-0.4, -0.2) is 52.1 Å². The van der Waals surface area contributed by atoms with Crippen molar-refractivity contribution in [3.8, 4) is 0 Å². The monoisotopic (exact) mass is 453 g/mol. The van der Waals surface area contributed by atoms with Crippen LogP contribution in [0.1, 0.15) is 82.4 Å². The molecule has 31 heavy (non-hydrogen) atoms. The Hall–Kier alpha value is -2.16. The lowest BCUT2D eigenvalue weighted by Crippen LogP contribution is -2.49. The molecule has 0 saturated carbocycles. The first-order chi connectivity index (χ1) is 14.7. The minimum absolute atomic E-state index is 0.0540. The van der Waals surface area contributed by atoms with Crippen LogP contribution in [0.4, 0.5) is 0 Å². The number of hydrogen-bond acceptors (Lipinski definition) is 7. The van der Waals surface area contributed by atoms with Crippen molar-refractivity contribution in [3.63, 3.8) is 0 Å². The van der Waals surface area contributed by atoms with Crippen LogP contribution in [0.15, 0.2) is 10.5 Å². The van der Waals surface area contributed by atoms with Crippen LogP contribution in [0.3, 0.4) is 0 Å². The van der Waals surface area contributed by atoms with Crippen molar-refractivity contribution in [2.45, 2.75) is 79.0 Å². The summed E-state index contributed by atoms with van der Waals surface area (Å²) in [5, 5.41) is 16.6. The molecule has 0 fully saturated rings. The highest BCUT2D eigenvalue weighted by Gasteiger charge is 2.34. The normalized spacial score (nSPS) is 15.0. The van der Waals surface area contributed by atoms with Crippen molar-refractivity contribution >= 4 is 23.2 Å². The number of rotatable bonds is 13. The van der Waals surface area contributed by atoms with E-state index in [2.05, 4.69) is 15.0 Å². The van der Waals surface area contributed by atoms with Crippen molar-refractivity contribution in [1.29, 1.82) is 0 Å². The van der Waals surface area contributed by atoms with E-state index in [9.17, 15) is 14.7 Å². The molecule has 0 bridgehead atoms. The molecule has 0 spiro atoms. The Morgan fingerprint density at radius 1 is 1.32 bits per heavy atom. The summed E-state index contributed by atoms with van der Waals surface area (Å²) in [6.45, 7) is 12.3. The Morgan fingerprint density at radius 3 is 2.52 bits per heavy atom. The molecule has 0 aliphatic heterocycles. The van der Waals surface area contributed by atoms with Gasteiger partial charge in [0.2, 0.25) is 5.91 Å². The number of amides is 1. The van der Waals surface area contributed by atoms with E-state index in [1.54, 1.807) is 17.2 Å². The molecule has 9 nitrogen and oxygen atoms in total. The molecule has 1 N–H and O–H groups in total. The number of nitrogens with zero attached hydrogens (tertiary/aromatic N) is 5. The molecule has 0 saturated heterocycles. The highest BCUT2D eigenvalue weighted by molar-refractivity contribution is 7.09. The van der Waals surface area contributed by atoms with E-state index in [1.165, 1.54) is 11.3 Å². The topological polar surface area (TPSA) is 128 Å². The second kappa shape index (κ2) is 13.3. The highest BCUT2D eigenvalue weighted by Crippen LogP contribution is 2.29. The van der Waals surface area contributed by atoms with Gasteiger partial charge in [-0.2, -0.15) is 0 Å². The van der Waals surface area contributed by atoms with Gasteiger partial charge >= 0.3 is 5.97 Å². The molecule has 1 unspecified atom stereocenters. The zero-order valence-electron chi connectivity index (χ0n) is 19.3. The number of aliphatic hydroxyl groups is 1. The van der Waals surface area contributed by atoms with Gasteiger partial charge in [-0.1, -0.05) is 46.2 Å². The van der Waals surface area contributed by atoms with E-state index in [0.29, 0.717) is 18.0 Å².